The SMILES string of the molecule is C=C(C)CNC(=S)NNC(=O)[C@@H](C)Oc1ccc2c(C)cc(=O)oc2c1. The van der Waals surface area contributed by atoms with Crippen molar-refractivity contribution in [2.45, 2.75) is 26.9 Å². The molecule has 0 spiro atoms. The summed E-state index contributed by atoms with van der Waals surface area (Å²) in [6.45, 7) is 9.53. The largest absolute Gasteiger partial charge is 0.481 e. The third-order valence-electron chi connectivity index (χ3n) is 3.45. The maximum Gasteiger partial charge on any atom is 0.336 e. The fraction of sp³-hybridized carbons (Fsp3) is 0.278. The lowest BCUT2D eigenvalue weighted by Crippen LogP contribution is -2.50. The van der Waals surface area contributed by atoms with Crippen LogP contribution in [0.3, 0.4) is 0 Å². The molecule has 0 unspecified atom stereocenters. The van der Waals surface area contributed by atoms with Gasteiger partial charge in [0.05, 0.1) is 0 Å². The van der Waals surface area contributed by atoms with E-state index in [4.69, 9.17) is 21.4 Å². The highest BCUT2D eigenvalue weighted by atomic mass is 32.1. The molecule has 0 radical (unpaired) electrons. The van der Waals surface area contributed by atoms with Gasteiger partial charge in [0, 0.05) is 24.1 Å². The Bertz CT molecular complexity index is 907. The number of rotatable bonds is 5. The number of amides is 1. The van der Waals surface area contributed by atoms with E-state index in [1.54, 1.807) is 25.1 Å². The second-order valence-electron chi connectivity index (χ2n) is 5.92. The molecule has 0 aliphatic rings. The molecule has 3 N–H and O–H groups in total. The number of hydrazine groups is 1. The summed E-state index contributed by atoms with van der Waals surface area (Å²) in [6.07, 6.45) is -0.791. The van der Waals surface area contributed by atoms with Crippen LogP contribution in [0.4, 0.5) is 0 Å². The highest BCUT2D eigenvalue weighted by Crippen LogP contribution is 2.22. The van der Waals surface area contributed by atoms with Gasteiger partial charge in [-0.05, 0) is 50.7 Å². The molecule has 138 valence electrons. The fourth-order valence-corrected chi connectivity index (χ4v) is 2.25. The fourth-order valence-electron chi connectivity index (χ4n) is 2.13. The Morgan fingerprint density at radius 1 is 1.35 bits per heavy atom. The molecule has 0 bridgehead atoms. The number of aryl methyl sites for hydroxylation is 1. The van der Waals surface area contributed by atoms with Crippen molar-refractivity contribution >= 4 is 34.2 Å². The van der Waals surface area contributed by atoms with Gasteiger partial charge in [-0.2, -0.15) is 0 Å². The Morgan fingerprint density at radius 3 is 2.77 bits per heavy atom. The first-order valence-electron chi connectivity index (χ1n) is 7.95. The lowest BCUT2D eigenvalue weighted by molar-refractivity contribution is -0.127. The van der Waals surface area contributed by atoms with Crippen LogP contribution < -0.4 is 26.5 Å². The Kier molecular flexibility index (Phi) is 6.35. The number of fused-ring (bicyclic) bond motifs is 1. The summed E-state index contributed by atoms with van der Waals surface area (Å²) < 4.78 is 10.8. The minimum Gasteiger partial charge on any atom is -0.481 e. The second-order valence-corrected chi connectivity index (χ2v) is 6.33. The normalized spacial score (nSPS) is 11.5. The number of hydrogen-bond acceptors (Lipinski definition) is 5. The first-order chi connectivity index (χ1) is 12.3. The van der Waals surface area contributed by atoms with Gasteiger partial charge < -0.3 is 14.5 Å². The molecule has 1 aromatic heterocycles. The lowest BCUT2D eigenvalue weighted by Gasteiger charge is -2.16. The van der Waals surface area contributed by atoms with E-state index in [0.29, 0.717) is 17.9 Å². The molecule has 1 heterocycles. The van der Waals surface area contributed by atoms with Gasteiger partial charge in [-0.3, -0.25) is 15.6 Å². The van der Waals surface area contributed by atoms with E-state index in [1.165, 1.54) is 6.07 Å². The lowest BCUT2D eigenvalue weighted by atomic mass is 10.1. The molecule has 1 aromatic carbocycles. The van der Waals surface area contributed by atoms with Gasteiger partial charge in [0.25, 0.3) is 5.91 Å². The molecule has 0 saturated carbocycles. The van der Waals surface area contributed by atoms with E-state index >= 15 is 0 Å². The third-order valence-corrected chi connectivity index (χ3v) is 3.70. The van der Waals surface area contributed by atoms with Gasteiger partial charge in [0.1, 0.15) is 11.3 Å². The minimum absolute atomic E-state index is 0.275. The van der Waals surface area contributed by atoms with Crippen LogP contribution in [0.15, 0.2) is 45.6 Å². The molecule has 1 atom stereocenters. The number of carbonyl (C=O) groups excluding carboxylic acids is 1. The molecular weight excluding hydrogens is 354 g/mol. The standard InChI is InChI=1S/C18H21N3O4S/c1-10(2)9-19-18(26)21-20-17(23)12(4)24-13-5-6-14-11(3)7-16(22)25-15(14)8-13/h5-8,12H,1,9H2,2-4H3,(H,20,23)(H2,19,21,26)/t12-/m1/s1. The molecule has 2 aromatic rings. The predicted octanol–water partition coefficient (Wildman–Crippen LogP) is 1.94. The van der Waals surface area contributed by atoms with Crippen molar-refractivity contribution in [3.8, 4) is 5.75 Å². The summed E-state index contributed by atoms with van der Waals surface area (Å²) in [5.74, 6) is 0.00662. The van der Waals surface area contributed by atoms with Crippen molar-refractivity contribution in [1.29, 1.82) is 0 Å². The zero-order valence-corrected chi connectivity index (χ0v) is 15.7. The zero-order valence-electron chi connectivity index (χ0n) is 14.8. The molecular formula is C18H21N3O4S. The maximum absolute atomic E-state index is 12.1. The maximum atomic E-state index is 12.1. The molecule has 1 amide bonds. The van der Waals surface area contributed by atoms with Crippen LogP contribution in [-0.4, -0.2) is 23.7 Å². The smallest absolute Gasteiger partial charge is 0.336 e. The molecule has 2 rings (SSSR count). The predicted molar refractivity (Wildman–Crippen MR) is 104 cm³/mol. The zero-order chi connectivity index (χ0) is 19.3. The van der Waals surface area contributed by atoms with E-state index < -0.39 is 17.6 Å². The first-order valence-corrected chi connectivity index (χ1v) is 8.36. The molecule has 26 heavy (non-hydrogen) atoms. The van der Waals surface area contributed by atoms with Gasteiger partial charge in [-0.15, -0.1) is 0 Å². The first kappa shape index (κ1) is 19.5. The Balaban J connectivity index is 1.96. The van der Waals surface area contributed by atoms with Crippen molar-refractivity contribution in [2.75, 3.05) is 6.54 Å². The van der Waals surface area contributed by atoms with Crippen molar-refractivity contribution in [3.63, 3.8) is 0 Å². The summed E-state index contributed by atoms with van der Waals surface area (Å²) in [4.78, 5) is 23.6. The quantitative estimate of drug-likeness (QED) is 0.318. The molecule has 7 nitrogen and oxygen atoms in total. The highest BCUT2D eigenvalue weighted by molar-refractivity contribution is 7.80. The Hall–Kier alpha value is -2.87. The third kappa shape index (κ3) is 5.32. The number of carbonyl (C=O) groups is 1. The van der Waals surface area contributed by atoms with Crippen LogP contribution in [0.1, 0.15) is 19.4 Å². The van der Waals surface area contributed by atoms with E-state index in [1.807, 2.05) is 13.8 Å². The molecule has 8 heteroatoms. The van der Waals surface area contributed by atoms with Gasteiger partial charge >= 0.3 is 5.63 Å². The van der Waals surface area contributed by atoms with Gasteiger partial charge in [0.2, 0.25) is 0 Å². The van der Waals surface area contributed by atoms with Gasteiger partial charge in [-0.25, -0.2) is 4.79 Å². The average Bonchev–Trinajstić information content (AvgIpc) is 2.57. The Labute approximate surface area is 156 Å². The van der Waals surface area contributed by atoms with Gasteiger partial charge in [-0.1, -0.05) is 12.2 Å². The number of benzene rings is 1. The van der Waals surface area contributed by atoms with E-state index in [2.05, 4.69) is 22.7 Å². The van der Waals surface area contributed by atoms with Crippen molar-refractivity contribution < 1.29 is 13.9 Å². The number of nitrogens with one attached hydrogen (secondary N) is 3. The number of ether oxygens (including phenoxy) is 1. The minimum atomic E-state index is -0.791. The van der Waals surface area contributed by atoms with Crippen LogP contribution in [-0.2, 0) is 4.79 Å². The summed E-state index contributed by atoms with van der Waals surface area (Å²) in [5, 5.41) is 3.96. The molecule has 0 fully saturated rings. The van der Waals surface area contributed by atoms with E-state index in [0.717, 1.165) is 16.5 Å². The van der Waals surface area contributed by atoms with Crippen LogP contribution in [0.5, 0.6) is 5.75 Å². The van der Waals surface area contributed by atoms with Gasteiger partial charge in [0.15, 0.2) is 11.2 Å². The van der Waals surface area contributed by atoms with Crippen molar-refractivity contribution in [3.05, 3.63) is 52.4 Å². The average molecular weight is 375 g/mol. The topological polar surface area (TPSA) is 92.6 Å². The number of hydrogen-bond donors (Lipinski definition) is 3. The number of thiocarbonyl (C=S) groups is 1. The van der Waals surface area contributed by atoms with Crippen molar-refractivity contribution in [2.24, 2.45) is 0 Å². The summed E-state index contributed by atoms with van der Waals surface area (Å²) in [5.41, 5.74) is 6.75. The monoisotopic (exact) mass is 375 g/mol. The van der Waals surface area contributed by atoms with Crippen LogP contribution >= 0.6 is 12.2 Å². The summed E-state index contributed by atoms with van der Waals surface area (Å²) in [6, 6.07) is 6.50. The van der Waals surface area contributed by atoms with Crippen LogP contribution in [0.2, 0.25) is 0 Å². The summed E-state index contributed by atoms with van der Waals surface area (Å²) >= 11 is 5.02. The van der Waals surface area contributed by atoms with E-state index in [9.17, 15) is 9.59 Å². The van der Waals surface area contributed by atoms with E-state index in [-0.39, 0.29) is 5.11 Å². The van der Waals surface area contributed by atoms with Crippen LogP contribution in [0.25, 0.3) is 11.0 Å². The molecule has 0 aliphatic heterocycles. The highest BCUT2D eigenvalue weighted by Gasteiger charge is 2.15. The second kappa shape index (κ2) is 8.48. The van der Waals surface area contributed by atoms with Crippen LogP contribution in [0, 0.1) is 6.92 Å². The summed E-state index contributed by atoms with van der Waals surface area (Å²) in [7, 11) is 0. The molecule has 0 saturated heterocycles. The van der Waals surface area contributed by atoms with Crippen molar-refractivity contribution in [1.82, 2.24) is 16.2 Å². The molecule has 0 aliphatic carbocycles. The Morgan fingerprint density at radius 2 is 2.08 bits per heavy atom.